The van der Waals surface area contributed by atoms with E-state index in [1.54, 1.807) is 0 Å². The molecule has 0 saturated carbocycles. The Morgan fingerprint density at radius 1 is 1.22 bits per heavy atom. The molecule has 0 heterocycles. The number of hydrogen-bond donors (Lipinski definition) is 1. The average Bonchev–Trinajstić information content (AvgIpc) is 1.94. The highest BCUT2D eigenvalue weighted by molar-refractivity contribution is 5.10. The van der Waals surface area contributed by atoms with Crippen molar-refractivity contribution in [2.24, 2.45) is 5.73 Å². The van der Waals surface area contributed by atoms with E-state index in [2.05, 4.69) is 6.92 Å². The topological polar surface area (TPSA) is 43.1 Å². The van der Waals surface area contributed by atoms with Gasteiger partial charge in [0.05, 0.1) is 0 Å². The SMILES string of the molecule is C=O.CCCCCCN. The number of unbranched alkanes of at least 4 members (excludes halogenated alkanes) is 3. The van der Waals surface area contributed by atoms with Crippen molar-refractivity contribution in [3.8, 4) is 0 Å². The van der Waals surface area contributed by atoms with Crippen LogP contribution in [0.3, 0.4) is 0 Å². The molecule has 0 atom stereocenters. The lowest BCUT2D eigenvalue weighted by Crippen LogP contribution is -1.97. The van der Waals surface area contributed by atoms with Crippen LogP contribution < -0.4 is 5.73 Å². The Balaban J connectivity index is 0. The van der Waals surface area contributed by atoms with Crippen molar-refractivity contribution < 1.29 is 4.79 Å². The first kappa shape index (κ1) is 11.4. The van der Waals surface area contributed by atoms with E-state index in [0.29, 0.717) is 0 Å². The maximum Gasteiger partial charge on any atom is 0.106 e. The fourth-order valence-electron chi connectivity index (χ4n) is 0.571. The van der Waals surface area contributed by atoms with E-state index >= 15 is 0 Å². The highest BCUT2D eigenvalue weighted by Crippen LogP contribution is 1.95. The summed E-state index contributed by atoms with van der Waals surface area (Å²) in [6.45, 7) is 5.07. The zero-order chi connectivity index (χ0) is 7.54. The lowest BCUT2D eigenvalue weighted by Gasteiger charge is -1.90. The lowest BCUT2D eigenvalue weighted by atomic mass is 10.2. The summed E-state index contributed by atoms with van der Waals surface area (Å²) in [6, 6.07) is 0. The number of rotatable bonds is 4. The van der Waals surface area contributed by atoms with Crippen molar-refractivity contribution in [2.75, 3.05) is 6.54 Å². The summed E-state index contributed by atoms with van der Waals surface area (Å²) in [5, 5.41) is 0. The van der Waals surface area contributed by atoms with Gasteiger partial charge in [0.15, 0.2) is 0 Å². The van der Waals surface area contributed by atoms with E-state index in [1.807, 2.05) is 6.79 Å². The van der Waals surface area contributed by atoms with Crippen LogP contribution in [-0.2, 0) is 4.79 Å². The molecule has 0 rings (SSSR count). The molecule has 0 aliphatic carbocycles. The zero-order valence-electron chi connectivity index (χ0n) is 6.23. The largest absolute Gasteiger partial charge is 0.330 e. The van der Waals surface area contributed by atoms with Crippen LogP contribution in [0.4, 0.5) is 0 Å². The van der Waals surface area contributed by atoms with Crippen LogP contribution >= 0.6 is 0 Å². The summed E-state index contributed by atoms with van der Waals surface area (Å²) in [4.78, 5) is 8.00. The Hall–Kier alpha value is -0.370. The van der Waals surface area contributed by atoms with Gasteiger partial charge >= 0.3 is 0 Å². The van der Waals surface area contributed by atoms with Gasteiger partial charge in [-0.1, -0.05) is 26.2 Å². The molecule has 0 unspecified atom stereocenters. The van der Waals surface area contributed by atoms with Gasteiger partial charge in [0.2, 0.25) is 0 Å². The van der Waals surface area contributed by atoms with Crippen molar-refractivity contribution in [3.63, 3.8) is 0 Å². The predicted octanol–water partition coefficient (Wildman–Crippen LogP) is 1.34. The lowest BCUT2D eigenvalue weighted by molar-refractivity contribution is -0.0979. The van der Waals surface area contributed by atoms with Crippen molar-refractivity contribution in [1.29, 1.82) is 0 Å². The number of carbonyl (C=O) groups is 1. The van der Waals surface area contributed by atoms with Gasteiger partial charge in [0, 0.05) is 0 Å². The first-order chi connectivity index (χ1) is 4.41. The summed E-state index contributed by atoms with van der Waals surface area (Å²) < 4.78 is 0. The molecular weight excluding hydrogens is 114 g/mol. The van der Waals surface area contributed by atoms with Crippen LogP contribution in [0.5, 0.6) is 0 Å². The third-order valence-corrected chi connectivity index (χ3v) is 1.06. The zero-order valence-corrected chi connectivity index (χ0v) is 6.23. The Bertz CT molecular complexity index is 35.9. The van der Waals surface area contributed by atoms with Crippen molar-refractivity contribution in [2.45, 2.75) is 32.6 Å². The standard InChI is InChI=1S/C6H15N.CH2O/c1-2-3-4-5-6-7;1-2/h2-7H2,1H3;1H2. The molecule has 0 saturated heterocycles. The minimum Gasteiger partial charge on any atom is -0.330 e. The van der Waals surface area contributed by atoms with Gasteiger partial charge in [-0.15, -0.1) is 0 Å². The molecule has 0 aromatic heterocycles. The van der Waals surface area contributed by atoms with Gasteiger partial charge in [-0.3, -0.25) is 0 Å². The molecule has 9 heavy (non-hydrogen) atoms. The van der Waals surface area contributed by atoms with E-state index in [0.717, 1.165) is 6.54 Å². The molecule has 0 spiro atoms. The van der Waals surface area contributed by atoms with Gasteiger partial charge in [-0.2, -0.15) is 0 Å². The van der Waals surface area contributed by atoms with Crippen LogP contribution in [0.1, 0.15) is 32.6 Å². The molecule has 0 radical (unpaired) electrons. The Labute approximate surface area is 57.4 Å². The summed E-state index contributed by atoms with van der Waals surface area (Å²) in [5.41, 5.74) is 5.27. The third-order valence-electron chi connectivity index (χ3n) is 1.06. The summed E-state index contributed by atoms with van der Waals surface area (Å²) in [5.74, 6) is 0. The summed E-state index contributed by atoms with van der Waals surface area (Å²) >= 11 is 0. The molecule has 0 fully saturated rings. The highest BCUT2D eigenvalue weighted by Gasteiger charge is 1.80. The number of nitrogens with two attached hydrogens (primary N) is 1. The second kappa shape index (κ2) is 15.6. The van der Waals surface area contributed by atoms with Gasteiger partial charge in [-0.25, -0.2) is 0 Å². The smallest absolute Gasteiger partial charge is 0.106 e. The van der Waals surface area contributed by atoms with Crippen LogP contribution in [0.2, 0.25) is 0 Å². The van der Waals surface area contributed by atoms with E-state index in [4.69, 9.17) is 10.5 Å². The van der Waals surface area contributed by atoms with Gasteiger partial charge in [0.1, 0.15) is 6.79 Å². The molecule has 0 aliphatic rings. The first-order valence-corrected chi connectivity index (χ1v) is 3.40. The van der Waals surface area contributed by atoms with Crippen LogP contribution in [-0.4, -0.2) is 13.3 Å². The fourth-order valence-corrected chi connectivity index (χ4v) is 0.571. The van der Waals surface area contributed by atoms with E-state index < -0.39 is 0 Å². The molecule has 2 nitrogen and oxygen atoms in total. The first-order valence-electron chi connectivity index (χ1n) is 3.40. The minimum absolute atomic E-state index is 0.861. The Morgan fingerprint density at radius 2 is 1.78 bits per heavy atom. The van der Waals surface area contributed by atoms with E-state index in [-0.39, 0.29) is 0 Å². The second-order valence-corrected chi connectivity index (χ2v) is 1.85. The van der Waals surface area contributed by atoms with Gasteiger partial charge in [-0.05, 0) is 13.0 Å². The molecule has 0 aromatic rings. The van der Waals surface area contributed by atoms with Gasteiger partial charge < -0.3 is 10.5 Å². The van der Waals surface area contributed by atoms with E-state index in [9.17, 15) is 0 Å². The number of carbonyl (C=O) groups excluding carboxylic acids is 1. The fraction of sp³-hybridized carbons (Fsp3) is 0.857. The van der Waals surface area contributed by atoms with Crippen molar-refractivity contribution in [1.82, 2.24) is 0 Å². The van der Waals surface area contributed by atoms with Crippen molar-refractivity contribution in [3.05, 3.63) is 0 Å². The predicted molar refractivity (Wildman–Crippen MR) is 40.3 cm³/mol. The van der Waals surface area contributed by atoms with Gasteiger partial charge in [0.25, 0.3) is 0 Å². The molecule has 0 bridgehead atoms. The normalized spacial score (nSPS) is 7.78. The third kappa shape index (κ3) is 18.4. The molecular formula is C7H17NO. The summed E-state index contributed by atoms with van der Waals surface area (Å²) in [7, 11) is 0. The average molecular weight is 131 g/mol. The molecule has 0 amide bonds. The second-order valence-electron chi connectivity index (χ2n) is 1.85. The molecule has 56 valence electrons. The van der Waals surface area contributed by atoms with Crippen LogP contribution in [0.25, 0.3) is 0 Å². The molecule has 2 N–H and O–H groups in total. The summed E-state index contributed by atoms with van der Waals surface area (Å²) in [6.07, 6.45) is 5.16. The molecule has 0 aliphatic heterocycles. The quantitative estimate of drug-likeness (QED) is 0.585. The number of hydrogen-bond acceptors (Lipinski definition) is 2. The molecule has 0 aromatic carbocycles. The molecule has 2 heteroatoms. The van der Waals surface area contributed by atoms with E-state index in [1.165, 1.54) is 25.7 Å². The van der Waals surface area contributed by atoms with Crippen LogP contribution in [0.15, 0.2) is 0 Å². The maximum atomic E-state index is 8.00. The maximum absolute atomic E-state index is 8.00. The van der Waals surface area contributed by atoms with Crippen molar-refractivity contribution >= 4 is 6.79 Å². The Kier molecular flexibility index (Phi) is 19.9. The Morgan fingerprint density at radius 3 is 2.11 bits per heavy atom. The highest BCUT2D eigenvalue weighted by atomic mass is 16.1. The monoisotopic (exact) mass is 131 g/mol. The minimum atomic E-state index is 0.861. The van der Waals surface area contributed by atoms with Crippen LogP contribution in [0, 0.1) is 0 Å².